The number of carboxylic acid groups (broad SMARTS) is 1. The molecule has 4 aromatic rings. The zero-order chi connectivity index (χ0) is 33.9. The minimum atomic E-state index is -5.08. The number of benzene rings is 2. The van der Waals surface area contributed by atoms with Gasteiger partial charge in [0.05, 0.1) is 5.69 Å². The molecule has 0 atom stereocenters. The third kappa shape index (κ3) is 6.89. The van der Waals surface area contributed by atoms with Crippen molar-refractivity contribution in [3.8, 4) is 5.69 Å². The van der Waals surface area contributed by atoms with E-state index in [2.05, 4.69) is 35.1 Å². The van der Waals surface area contributed by atoms with Crippen molar-refractivity contribution in [2.45, 2.75) is 26.1 Å². The number of halogens is 3. The minimum absolute atomic E-state index is 0.0768. The van der Waals surface area contributed by atoms with Crippen LogP contribution < -0.4 is 15.4 Å². The molecule has 248 valence electrons. The van der Waals surface area contributed by atoms with Crippen molar-refractivity contribution in [3.63, 3.8) is 0 Å². The van der Waals surface area contributed by atoms with Crippen LogP contribution in [0.5, 0.6) is 0 Å². The van der Waals surface area contributed by atoms with E-state index in [-0.39, 0.29) is 11.5 Å². The van der Waals surface area contributed by atoms with Crippen LogP contribution in [0.1, 0.15) is 13.8 Å². The molecule has 0 radical (unpaired) electrons. The van der Waals surface area contributed by atoms with E-state index < -0.39 is 12.1 Å². The highest BCUT2D eigenvalue weighted by molar-refractivity contribution is 5.91. The Morgan fingerprint density at radius 1 is 0.979 bits per heavy atom. The fourth-order valence-corrected chi connectivity index (χ4v) is 5.79. The molecule has 15 heteroatoms. The summed E-state index contributed by atoms with van der Waals surface area (Å²) >= 11 is 0. The minimum Gasteiger partial charge on any atom is -0.475 e. The highest BCUT2D eigenvalue weighted by Crippen LogP contribution is 2.29. The van der Waals surface area contributed by atoms with E-state index in [1.54, 1.807) is 15.8 Å². The summed E-state index contributed by atoms with van der Waals surface area (Å²) in [4.78, 5) is 58.1. The third-order valence-electron chi connectivity index (χ3n) is 8.39. The van der Waals surface area contributed by atoms with Crippen LogP contribution in [0.4, 0.5) is 24.9 Å². The van der Waals surface area contributed by atoms with Gasteiger partial charge < -0.3 is 19.8 Å². The maximum atomic E-state index is 14.1. The monoisotopic (exact) mass is 652 g/mol. The lowest BCUT2D eigenvalue weighted by Crippen LogP contribution is -2.60. The summed E-state index contributed by atoms with van der Waals surface area (Å²) in [6, 6.07) is 14.3. The van der Waals surface area contributed by atoms with Gasteiger partial charge in [0.2, 0.25) is 11.9 Å². The van der Waals surface area contributed by atoms with E-state index in [1.165, 1.54) is 6.08 Å². The highest BCUT2D eigenvalue weighted by Gasteiger charge is 2.38. The summed E-state index contributed by atoms with van der Waals surface area (Å²) in [5, 5.41) is 9.14. The summed E-state index contributed by atoms with van der Waals surface area (Å²) in [5.41, 5.74) is 1.31. The fraction of sp³-hybridized carbons (Fsp3) is 0.375. The first-order valence-electron chi connectivity index (χ1n) is 15.2. The number of nitrogens with zero attached hydrogens (tertiary/aromatic N) is 8. The van der Waals surface area contributed by atoms with Crippen LogP contribution in [0.2, 0.25) is 0 Å². The lowest BCUT2D eigenvalue weighted by atomic mass is 10.1. The number of rotatable bonds is 7. The number of likely N-dealkylation sites (N-methyl/N-ethyl adjacent to an activating group) is 1. The Labute approximate surface area is 268 Å². The molecule has 2 aromatic carbocycles. The van der Waals surface area contributed by atoms with Crippen LogP contribution in [0.15, 0.2) is 66.2 Å². The molecule has 12 nitrogen and oxygen atoms in total. The van der Waals surface area contributed by atoms with Gasteiger partial charge in [-0.2, -0.15) is 18.2 Å². The van der Waals surface area contributed by atoms with Crippen molar-refractivity contribution in [2.75, 3.05) is 62.2 Å². The Bertz CT molecular complexity index is 1840. The zero-order valence-electron chi connectivity index (χ0n) is 26.0. The van der Waals surface area contributed by atoms with E-state index in [9.17, 15) is 22.8 Å². The molecule has 0 bridgehead atoms. The number of aromatic nitrogens is 4. The van der Waals surface area contributed by atoms with Crippen molar-refractivity contribution in [1.29, 1.82) is 0 Å². The Morgan fingerprint density at radius 3 is 2.23 bits per heavy atom. The number of aliphatic carboxylic acids is 1. The number of anilines is 2. The molecule has 2 fully saturated rings. The van der Waals surface area contributed by atoms with Crippen LogP contribution in [0, 0.1) is 0 Å². The van der Waals surface area contributed by atoms with Crippen LogP contribution in [0.3, 0.4) is 0 Å². The number of piperazine rings is 1. The number of amides is 1. The molecule has 1 amide bonds. The van der Waals surface area contributed by atoms with Gasteiger partial charge in [-0.05, 0) is 30.6 Å². The number of fused-ring (bicyclic) bond motifs is 2. The number of hydrogen-bond acceptors (Lipinski definition) is 9. The molecule has 2 aliphatic heterocycles. The molecule has 2 aliphatic rings. The first-order valence-corrected chi connectivity index (χ1v) is 15.2. The Hall–Kier alpha value is -5.05. The maximum absolute atomic E-state index is 14.1. The lowest BCUT2D eigenvalue weighted by molar-refractivity contribution is -0.192. The van der Waals surface area contributed by atoms with Gasteiger partial charge in [0.15, 0.2) is 11.3 Å². The maximum Gasteiger partial charge on any atom is 0.490 e. The molecule has 2 aromatic heterocycles. The quantitative estimate of drug-likeness (QED) is 0.297. The van der Waals surface area contributed by atoms with Gasteiger partial charge in [0.1, 0.15) is 11.8 Å². The van der Waals surface area contributed by atoms with Crippen molar-refractivity contribution >= 4 is 45.4 Å². The molecule has 6 rings (SSSR count). The van der Waals surface area contributed by atoms with Crippen LogP contribution in [-0.4, -0.2) is 111 Å². The number of carbonyl (C=O) groups is 2. The van der Waals surface area contributed by atoms with E-state index in [0.29, 0.717) is 55.0 Å². The molecule has 0 unspecified atom stereocenters. The van der Waals surface area contributed by atoms with E-state index in [0.717, 1.165) is 42.6 Å². The highest BCUT2D eigenvalue weighted by atomic mass is 19.4. The standard InChI is InChI=1S/C30H34N8O2.C2HF3O2/c1-4-25(39)35-14-16-36(17-15-35)28-26-27(32-30(33-28)37-18-22(19-37)34(5-2)6-3)29(40)38(20-31-26)24-13-9-11-21-10-7-8-12-23(21)24;3-2(4,5)1(6)7/h4,7-13,20,22H,1,5-6,14-19H2,2-3H3;(H,6,7). The summed E-state index contributed by atoms with van der Waals surface area (Å²) < 4.78 is 33.3. The molecule has 1 N–H and O–H groups in total. The van der Waals surface area contributed by atoms with Crippen LogP contribution in [-0.2, 0) is 9.59 Å². The first-order chi connectivity index (χ1) is 22.5. The second-order valence-electron chi connectivity index (χ2n) is 11.1. The lowest BCUT2D eigenvalue weighted by Gasteiger charge is -2.45. The molecular weight excluding hydrogens is 617 g/mol. The van der Waals surface area contributed by atoms with Crippen LogP contribution >= 0.6 is 0 Å². The molecule has 0 saturated carbocycles. The van der Waals surface area contributed by atoms with E-state index in [4.69, 9.17) is 24.9 Å². The Balaban J connectivity index is 0.000000559. The summed E-state index contributed by atoms with van der Waals surface area (Å²) in [6.45, 7) is 13.8. The average Bonchev–Trinajstić information content (AvgIpc) is 3.05. The van der Waals surface area contributed by atoms with E-state index in [1.807, 2.05) is 42.5 Å². The average molecular weight is 653 g/mol. The van der Waals surface area contributed by atoms with Crippen molar-refractivity contribution in [2.24, 2.45) is 0 Å². The normalized spacial score (nSPS) is 15.4. The Morgan fingerprint density at radius 2 is 1.62 bits per heavy atom. The SMILES string of the molecule is C=CC(=O)N1CCN(c2nc(N3CC(N(CC)CC)C3)nc3c(=O)n(-c4cccc5ccccc45)cnc23)CC1.O=C(O)C(F)(F)F. The molecule has 0 spiro atoms. The zero-order valence-corrected chi connectivity index (χ0v) is 26.0. The van der Waals surface area contributed by atoms with Gasteiger partial charge in [-0.25, -0.2) is 14.8 Å². The number of carbonyl (C=O) groups excluding carboxylic acids is 1. The van der Waals surface area contributed by atoms with Gasteiger partial charge in [-0.15, -0.1) is 0 Å². The van der Waals surface area contributed by atoms with Gasteiger partial charge in [-0.3, -0.25) is 19.1 Å². The number of carboxylic acids is 1. The van der Waals surface area contributed by atoms with Crippen LogP contribution in [0.25, 0.3) is 27.5 Å². The van der Waals surface area contributed by atoms with Crippen molar-refractivity contribution in [3.05, 3.63) is 71.8 Å². The molecule has 4 heterocycles. The summed E-state index contributed by atoms with van der Waals surface area (Å²) in [5.74, 6) is -1.65. The molecule has 2 saturated heterocycles. The van der Waals surface area contributed by atoms with Crippen molar-refractivity contribution < 1.29 is 27.9 Å². The third-order valence-corrected chi connectivity index (χ3v) is 8.39. The Kier molecular flexibility index (Phi) is 9.75. The predicted molar refractivity (Wildman–Crippen MR) is 172 cm³/mol. The van der Waals surface area contributed by atoms with Crippen molar-refractivity contribution in [1.82, 2.24) is 29.3 Å². The topological polar surface area (TPSA) is 128 Å². The second-order valence-corrected chi connectivity index (χ2v) is 11.1. The van der Waals surface area contributed by atoms with Gasteiger partial charge in [0, 0.05) is 50.7 Å². The largest absolute Gasteiger partial charge is 0.490 e. The number of hydrogen-bond donors (Lipinski definition) is 1. The van der Waals surface area contributed by atoms with Gasteiger partial charge in [-0.1, -0.05) is 56.8 Å². The van der Waals surface area contributed by atoms with E-state index >= 15 is 0 Å². The van der Waals surface area contributed by atoms with Gasteiger partial charge >= 0.3 is 12.1 Å². The predicted octanol–water partition coefficient (Wildman–Crippen LogP) is 3.33. The summed E-state index contributed by atoms with van der Waals surface area (Å²) in [7, 11) is 0. The first kappa shape index (κ1) is 33.3. The molecular formula is C32H35F3N8O4. The summed E-state index contributed by atoms with van der Waals surface area (Å²) in [6.07, 6.45) is -2.15. The smallest absolute Gasteiger partial charge is 0.475 e. The number of alkyl halides is 3. The molecule has 47 heavy (non-hydrogen) atoms. The van der Waals surface area contributed by atoms with Gasteiger partial charge in [0.25, 0.3) is 5.56 Å². The molecule has 0 aliphatic carbocycles. The second kappa shape index (κ2) is 13.7. The fourth-order valence-electron chi connectivity index (χ4n) is 5.79.